The Kier molecular flexibility index (Phi) is 8.72. The van der Waals surface area contributed by atoms with E-state index in [4.69, 9.17) is 9.47 Å². The zero-order valence-corrected chi connectivity index (χ0v) is 17.9. The van der Waals surface area contributed by atoms with Crippen molar-refractivity contribution in [1.29, 1.82) is 0 Å². The smallest absolute Gasteiger partial charge is 0.317 e. The standard InChI is InChI=1S/C20H32N4O4S/c1-27-19-12-16(13-21-4-6-24-7-5-22-20(24)26)2-3-18(19)28-15-17(25)14-23-8-10-29-11-9-23/h2-3,12,17,21,25H,4-11,13-15H2,1H3,(H,22,26)/t17-/m0/s1. The van der Waals surface area contributed by atoms with Crippen molar-refractivity contribution in [3.63, 3.8) is 0 Å². The number of rotatable bonds is 11. The largest absolute Gasteiger partial charge is 0.493 e. The minimum atomic E-state index is -0.521. The van der Waals surface area contributed by atoms with Crippen LogP contribution in [-0.4, -0.2) is 98.1 Å². The van der Waals surface area contributed by atoms with Gasteiger partial charge in [-0.2, -0.15) is 11.8 Å². The monoisotopic (exact) mass is 424 g/mol. The van der Waals surface area contributed by atoms with Crippen molar-refractivity contribution in [2.75, 3.05) is 71.0 Å². The Morgan fingerprint density at radius 3 is 2.83 bits per heavy atom. The van der Waals surface area contributed by atoms with Crippen molar-refractivity contribution in [1.82, 2.24) is 20.4 Å². The molecule has 2 amide bonds. The second kappa shape index (κ2) is 11.5. The molecule has 0 unspecified atom stereocenters. The highest BCUT2D eigenvalue weighted by Gasteiger charge is 2.18. The lowest BCUT2D eigenvalue weighted by molar-refractivity contribution is 0.0705. The number of aliphatic hydroxyl groups is 1. The first-order valence-electron chi connectivity index (χ1n) is 10.2. The van der Waals surface area contributed by atoms with Gasteiger partial charge in [-0.3, -0.25) is 4.90 Å². The van der Waals surface area contributed by atoms with Crippen LogP contribution >= 0.6 is 11.8 Å². The van der Waals surface area contributed by atoms with E-state index in [1.165, 1.54) is 0 Å². The van der Waals surface area contributed by atoms with Gasteiger partial charge >= 0.3 is 6.03 Å². The molecule has 0 bridgehead atoms. The van der Waals surface area contributed by atoms with Crippen LogP contribution in [0.25, 0.3) is 0 Å². The number of nitrogens with one attached hydrogen (secondary N) is 2. The Bertz CT molecular complexity index is 657. The first-order valence-corrected chi connectivity index (χ1v) is 11.3. The number of aliphatic hydroxyl groups excluding tert-OH is 1. The van der Waals surface area contributed by atoms with Gasteiger partial charge in [-0.1, -0.05) is 6.07 Å². The van der Waals surface area contributed by atoms with E-state index in [2.05, 4.69) is 15.5 Å². The average Bonchev–Trinajstić information content (AvgIpc) is 3.15. The highest BCUT2D eigenvalue weighted by molar-refractivity contribution is 7.99. The highest BCUT2D eigenvalue weighted by atomic mass is 32.2. The highest BCUT2D eigenvalue weighted by Crippen LogP contribution is 2.28. The van der Waals surface area contributed by atoms with Gasteiger partial charge in [0, 0.05) is 63.9 Å². The Balaban J connectivity index is 1.41. The summed E-state index contributed by atoms with van der Waals surface area (Å²) in [6.45, 7) is 6.53. The average molecular weight is 425 g/mol. The Labute approximate surface area is 176 Å². The van der Waals surface area contributed by atoms with Gasteiger partial charge in [0.25, 0.3) is 0 Å². The van der Waals surface area contributed by atoms with E-state index >= 15 is 0 Å². The Morgan fingerprint density at radius 2 is 2.10 bits per heavy atom. The van der Waals surface area contributed by atoms with Crippen LogP contribution in [0.1, 0.15) is 5.56 Å². The molecule has 0 aromatic heterocycles. The van der Waals surface area contributed by atoms with Gasteiger partial charge < -0.3 is 30.1 Å². The van der Waals surface area contributed by atoms with Gasteiger partial charge in [0.05, 0.1) is 7.11 Å². The van der Waals surface area contributed by atoms with Gasteiger partial charge in [0.1, 0.15) is 12.7 Å². The van der Waals surface area contributed by atoms with Crippen LogP contribution in [0.3, 0.4) is 0 Å². The predicted octanol–water partition coefficient (Wildman–Crippen LogP) is 0.599. The molecule has 2 fully saturated rings. The number of nitrogens with zero attached hydrogens (tertiary/aromatic N) is 2. The van der Waals surface area contributed by atoms with Gasteiger partial charge in [-0.05, 0) is 17.7 Å². The number of thioether (sulfide) groups is 1. The summed E-state index contributed by atoms with van der Waals surface area (Å²) in [6, 6.07) is 5.82. The molecule has 1 atom stereocenters. The number of hydrogen-bond donors (Lipinski definition) is 3. The first kappa shape index (κ1) is 22.0. The van der Waals surface area contributed by atoms with Crippen LogP contribution in [0.15, 0.2) is 18.2 Å². The molecule has 2 aliphatic heterocycles. The number of carbonyl (C=O) groups excluding carboxylic acids is 1. The van der Waals surface area contributed by atoms with Crippen molar-refractivity contribution >= 4 is 17.8 Å². The summed E-state index contributed by atoms with van der Waals surface area (Å²) in [6.07, 6.45) is -0.521. The van der Waals surface area contributed by atoms with Crippen molar-refractivity contribution in [2.24, 2.45) is 0 Å². The number of carbonyl (C=O) groups is 1. The third kappa shape index (κ3) is 6.95. The zero-order valence-electron chi connectivity index (χ0n) is 17.1. The molecule has 2 heterocycles. The number of benzene rings is 1. The Hall–Kier alpha value is -1.68. The van der Waals surface area contributed by atoms with Crippen LogP contribution in [-0.2, 0) is 6.54 Å². The summed E-state index contributed by atoms with van der Waals surface area (Å²) in [5.41, 5.74) is 1.08. The topological polar surface area (TPSA) is 86.3 Å². The molecular formula is C20H32N4O4S. The van der Waals surface area contributed by atoms with E-state index in [0.29, 0.717) is 31.1 Å². The Morgan fingerprint density at radius 1 is 1.28 bits per heavy atom. The molecule has 1 aromatic rings. The fraction of sp³-hybridized carbons (Fsp3) is 0.650. The lowest BCUT2D eigenvalue weighted by Crippen LogP contribution is -2.40. The summed E-state index contributed by atoms with van der Waals surface area (Å²) >= 11 is 1.96. The second-order valence-electron chi connectivity index (χ2n) is 7.26. The number of methoxy groups -OCH3 is 1. The van der Waals surface area contributed by atoms with E-state index in [-0.39, 0.29) is 12.6 Å². The molecule has 3 N–H and O–H groups in total. The van der Waals surface area contributed by atoms with Gasteiger partial charge in [-0.25, -0.2) is 4.79 Å². The fourth-order valence-corrected chi connectivity index (χ4v) is 4.41. The van der Waals surface area contributed by atoms with E-state index in [9.17, 15) is 9.90 Å². The fourth-order valence-electron chi connectivity index (χ4n) is 3.43. The predicted molar refractivity (Wildman–Crippen MR) is 115 cm³/mol. The molecule has 29 heavy (non-hydrogen) atoms. The molecule has 1 aromatic carbocycles. The summed E-state index contributed by atoms with van der Waals surface area (Å²) in [5, 5.41) is 16.4. The minimum Gasteiger partial charge on any atom is -0.493 e. The molecule has 2 saturated heterocycles. The SMILES string of the molecule is COc1cc(CNCCN2CCNC2=O)ccc1OC[C@@H](O)CN1CCSCC1. The summed E-state index contributed by atoms with van der Waals surface area (Å²) < 4.78 is 11.3. The molecule has 8 nitrogen and oxygen atoms in total. The number of ether oxygens (including phenoxy) is 2. The maximum Gasteiger partial charge on any atom is 0.317 e. The zero-order chi connectivity index (χ0) is 20.5. The number of amides is 2. The molecule has 2 aliphatic rings. The molecule has 0 aliphatic carbocycles. The van der Waals surface area contributed by atoms with Crippen LogP contribution in [0.2, 0.25) is 0 Å². The lowest BCUT2D eigenvalue weighted by atomic mass is 10.2. The van der Waals surface area contributed by atoms with E-state index in [1.807, 2.05) is 30.0 Å². The van der Waals surface area contributed by atoms with Crippen LogP contribution in [0.4, 0.5) is 4.79 Å². The van der Waals surface area contributed by atoms with Crippen molar-refractivity contribution in [2.45, 2.75) is 12.6 Å². The van der Waals surface area contributed by atoms with E-state index < -0.39 is 6.10 Å². The van der Waals surface area contributed by atoms with E-state index in [0.717, 1.165) is 49.8 Å². The summed E-state index contributed by atoms with van der Waals surface area (Å²) in [4.78, 5) is 15.6. The molecule has 0 radical (unpaired) electrons. The van der Waals surface area contributed by atoms with Gasteiger partial charge in [0.2, 0.25) is 0 Å². The minimum absolute atomic E-state index is 0.0105. The molecule has 0 saturated carbocycles. The van der Waals surface area contributed by atoms with Gasteiger partial charge in [0.15, 0.2) is 11.5 Å². The number of hydrogen-bond acceptors (Lipinski definition) is 7. The quantitative estimate of drug-likeness (QED) is 0.449. The molecule has 0 spiro atoms. The first-order chi connectivity index (χ1) is 14.2. The third-order valence-electron chi connectivity index (χ3n) is 5.06. The molecular weight excluding hydrogens is 392 g/mol. The molecule has 162 valence electrons. The van der Waals surface area contributed by atoms with Crippen LogP contribution in [0.5, 0.6) is 11.5 Å². The lowest BCUT2D eigenvalue weighted by Gasteiger charge is -2.28. The summed E-state index contributed by atoms with van der Waals surface area (Å²) in [5.74, 6) is 3.55. The van der Waals surface area contributed by atoms with E-state index in [1.54, 1.807) is 12.0 Å². The van der Waals surface area contributed by atoms with Crippen LogP contribution in [0, 0.1) is 0 Å². The van der Waals surface area contributed by atoms with Gasteiger partial charge in [-0.15, -0.1) is 0 Å². The number of β-amino-alcohol motifs (C(OH)–C–C–N with tert-alkyl or cyclic N) is 1. The van der Waals surface area contributed by atoms with Crippen LogP contribution < -0.4 is 20.1 Å². The maximum absolute atomic E-state index is 11.5. The maximum atomic E-state index is 11.5. The number of urea groups is 1. The molecule has 3 rings (SSSR count). The van der Waals surface area contributed by atoms with Crippen molar-refractivity contribution < 1.29 is 19.4 Å². The summed E-state index contributed by atoms with van der Waals surface area (Å²) in [7, 11) is 1.62. The normalized spacial score (nSPS) is 18.6. The van der Waals surface area contributed by atoms with Crippen molar-refractivity contribution in [3.05, 3.63) is 23.8 Å². The second-order valence-corrected chi connectivity index (χ2v) is 8.48. The molecule has 9 heteroatoms. The third-order valence-corrected chi connectivity index (χ3v) is 6.01. The van der Waals surface area contributed by atoms with Crippen molar-refractivity contribution in [3.8, 4) is 11.5 Å².